The van der Waals surface area contributed by atoms with E-state index in [0.29, 0.717) is 0 Å². The minimum Gasteiger partial charge on any atom is -0.338 e. The standard InChI is InChI=1S/C21H16N2/c1-13-6-4-11-19-20(13)23-21(22-19)17-10-5-9-16-15-8-3-2-7-14(15)12-18(16)17/h2-11H,12H2,1H3,(H,22,23). The van der Waals surface area contributed by atoms with Crippen molar-refractivity contribution in [1.82, 2.24) is 9.97 Å². The smallest absolute Gasteiger partial charge is 0.138 e. The highest BCUT2D eigenvalue weighted by Gasteiger charge is 2.22. The van der Waals surface area contributed by atoms with Crippen LogP contribution in [0.4, 0.5) is 0 Å². The minimum atomic E-state index is 0.971. The van der Waals surface area contributed by atoms with Crippen molar-refractivity contribution in [3.05, 3.63) is 77.4 Å². The Morgan fingerprint density at radius 1 is 0.826 bits per heavy atom. The van der Waals surface area contributed by atoms with Crippen molar-refractivity contribution in [3.63, 3.8) is 0 Å². The maximum Gasteiger partial charge on any atom is 0.138 e. The van der Waals surface area contributed by atoms with E-state index in [1.807, 2.05) is 0 Å². The fraction of sp³-hybridized carbons (Fsp3) is 0.0952. The van der Waals surface area contributed by atoms with Crippen LogP contribution in [-0.2, 0) is 6.42 Å². The van der Waals surface area contributed by atoms with E-state index in [1.54, 1.807) is 0 Å². The molecule has 1 aliphatic carbocycles. The van der Waals surface area contributed by atoms with Crippen molar-refractivity contribution in [3.8, 4) is 22.5 Å². The van der Waals surface area contributed by atoms with Gasteiger partial charge in [0.05, 0.1) is 11.0 Å². The number of nitrogens with zero attached hydrogens (tertiary/aromatic N) is 1. The van der Waals surface area contributed by atoms with Gasteiger partial charge in [-0.1, -0.05) is 54.6 Å². The van der Waals surface area contributed by atoms with Gasteiger partial charge in [-0.25, -0.2) is 4.98 Å². The number of nitrogens with one attached hydrogen (secondary N) is 1. The van der Waals surface area contributed by atoms with Gasteiger partial charge in [0, 0.05) is 5.56 Å². The number of benzene rings is 3. The molecule has 0 bridgehead atoms. The third-order valence-corrected chi connectivity index (χ3v) is 4.82. The monoisotopic (exact) mass is 296 g/mol. The van der Waals surface area contributed by atoms with Crippen LogP contribution in [0.5, 0.6) is 0 Å². The predicted octanol–water partition coefficient (Wildman–Crippen LogP) is 5.11. The second-order valence-electron chi connectivity index (χ2n) is 6.22. The van der Waals surface area contributed by atoms with Gasteiger partial charge in [-0.15, -0.1) is 0 Å². The van der Waals surface area contributed by atoms with E-state index in [2.05, 4.69) is 72.6 Å². The molecule has 2 nitrogen and oxygen atoms in total. The summed E-state index contributed by atoms with van der Waals surface area (Å²) >= 11 is 0. The average molecular weight is 296 g/mol. The van der Waals surface area contributed by atoms with Gasteiger partial charge < -0.3 is 4.98 Å². The minimum absolute atomic E-state index is 0.971. The third-order valence-electron chi connectivity index (χ3n) is 4.82. The highest BCUT2D eigenvalue weighted by Crippen LogP contribution is 2.41. The molecule has 0 fully saturated rings. The molecule has 1 aliphatic rings. The van der Waals surface area contributed by atoms with E-state index in [0.717, 1.165) is 23.3 Å². The van der Waals surface area contributed by atoms with Crippen LogP contribution in [0.3, 0.4) is 0 Å². The summed E-state index contributed by atoms with van der Waals surface area (Å²) in [5.41, 5.74) is 10.1. The Kier molecular flexibility index (Phi) is 2.51. The zero-order valence-corrected chi connectivity index (χ0v) is 12.9. The van der Waals surface area contributed by atoms with Crippen molar-refractivity contribution < 1.29 is 0 Å². The van der Waals surface area contributed by atoms with Gasteiger partial charge in [0.25, 0.3) is 0 Å². The summed E-state index contributed by atoms with van der Waals surface area (Å²) < 4.78 is 0. The number of imidazole rings is 1. The van der Waals surface area contributed by atoms with Crippen LogP contribution in [0.25, 0.3) is 33.5 Å². The number of hydrogen-bond donors (Lipinski definition) is 1. The number of hydrogen-bond acceptors (Lipinski definition) is 1. The second kappa shape index (κ2) is 4.56. The Hall–Kier alpha value is -2.87. The largest absolute Gasteiger partial charge is 0.338 e. The first kappa shape index (κ1) is 12.7. The van der Waals surface area contributed by atoms with E-state index in [9.17, 15) is 0 Å². The maximum absolute atomic E-state index is 4.87. The molecule has 0 amide bonds. The molecule has 0 saturated carbocycles. The summed E-state index contributed by atoms with van der Waals surface area (Å²) in [5.74, 6) is 0.971. The quantitative estimate of drug-likeness (QED) is 0.457. The van der Waals surface area contributed by atoms with Crippen LogP contribution in [0.15, 0.2) is 60.7 Å². The van der Waals surface area contributed by atoms with Gasteiger partial charge in [-0.2, -0.15) is 0 Å². The summed E-state index contributed by atoms with van der Waals surface area (Å²) in [7, 11) is 0. The molecule has 0 radical (unpaired) electrons. The lowest BCUT2D eigenvalue weighted by atomic mass is 10.0. The Labute approximate surface area is 134 Å². The summed E-state index contributed by atoms with van der Waals surface area (Å²) in [6, 6.07) is 21.5. The van der Waals surface area contributed by atoms with Gasteiger partial charge in [-0.05, 0) is 47.2 Å². The molecule has 0 aliphatic heterocycles. The Balaban J connectivity index is 1.74. The maximum atomic E-state index is 4.87. The number of aromatic amines is 1. The van der Waals surface area contributed by atoms with Gasteiger partial charge >= 0.3 is 0 Å². The summed E-state index contributed by atoms with van der Waals surface area (Å²) in [6.07, 6.45) is 0.984. The Morgan fingerprint density at radius 2 is 1.61 bits per heavy atom. The molecule has 110 valence electrons. The van der Waals surface area contributed by atoms with Crippen molar-refractivity contribution in [2.24, 2.45) is 0 Å². The average Bonchev–Trinajstić information content (AvgIpc) is 3.16. The number of aromatic nitrogens is 2. The molecule has 0 atom stereocenters. The van der Waals surface area contributed by atoms with Crippen molar-refractivity contribution >= 4 is 11.0 Å². The number of H-pyrrole nitrogens is 1. The number of para-hydroxylation sites is 1. The highest BCUT2D eigenvalue weighted by molar-refractivity contribution is 5.87. The summed E-state index contributed by atoms with van der Waals surface area (Å²) in [4.78, 5) is 8.37. The molecule has 1 aromatic heterocycles. The third kappa shape index (κ3) is 1.78. The van der Waals surface area contributed by atoms with Gasteiger partial charge in [0.1, 0.15) is 5.82 Å². The lowest BCUT2D eigenvalue weighted by molar-refractivity contribution is 1.23. The van der Waals surface area contributed by atoms with Crippen molar-refractivity contribution in [1.29, 1.82) is 0 Å². The van der Waals surface area contributed by atoms with Crippen LogP contribution in [0, 0.1) is 6.92 Å². The first-order valence-electron chi connectivity index (χ1n) is 7.97. The normalized spacial score (nSPS) is 12.4. The SMILES string of the molecule is Cc1cccc2[nH]c(-c3cccc4c3Cc3ccccc3-4)nc12. The van der Waals surface area contributed by atoms with E-state index >= 15 is 0 Å². The fourth-order valence-electron chi connectivity index (χ4n) is 3.68. The summed E-state index contributed by atoms with van der Waals surface area (Å²) in [6.45, 7) is 2.11. The zero-order valence-electron chi connectivity index (χ0n) is 12.9. The van der Waals surface area contributed by atoms with E-state index in [-0.39, 0.29) is 0 Å². The number of fused-ring (bicyclic) bond motifs is 4. The van der Waals surface area contributed by atoms with Crippen LogP contribution >= 0.6 is 0 Å². The molecular weight excluding hydrogens is 280 g/mol. The fourth-order valence-corrected chi connectivity index (χ4v) is 3.68. The molecular formula is C21H16N2. The Morgan fingerprint density at radius 3 is 2.52 bits per heavy atom. The molecule has 5 rings (SSSR count). The molecule has 1 N–H and O–H groups in total. The predicted molar refractivity (Wildman–Crippen MR) is 94.5 cm³/mol. The molecule has 2 heteroatoms. The second-order valence-corrected chi connectivity index (χ2v) is 6.22. The van der Waals surface area contributed by atoms with Crippen LogP contribution in [0.1, 0.15) is 16.7 Å². The lowest BCUT2D eigenvalue weighted by Gasteiger charge is -2.05. The summed E-state index contributed by atoms with van der Waals surface area (Å²) in [5, 5.41) is 0. The van der Waals surface area contributed by atoms with Crippen molar-refractivity contribution in [2.75, 3.05) is 0 Å². The molecule has 0 saturated heterocycles. The van der Waals surface area contributed by atoms with E-state index < -0.39 is 0 Å². The first-order chi connectivity index (χ1) is 11.3. The molecule has 1 heterocycles. The molecule has 3 aromatic carbocycles. The van der Waals surface area contributed by atoms with Gasteiger partial charge in [-0.3, -0.25) is 0 Å². The van der Waals surface area contributed by atoms with Crippen LogP contribution in [-0.4, -0.2) is 9.97 Å². The zero-order chi connectivity index (χ0) is 15.4. The van der Waals surface area contributed by atoms with Gasteiger partial charge in [0.2, 0.25) is 0 Å². The van der Waals surface area contributed by atoms with E-state index in [1.165, 1.54) is 33.4 Å². The van der Waals surface area contributed by atoms with Crippen LogP contribution in [0.2, 0.25) is 0 Å². The first-order valence-corrected chi connectivity index (χ1v) is 7.97. The number of aryl methyl sites for hydroxylation is 1. The molecule has 0 spiro atoms. The van der Waals surface area contributed by atoms with Crippen molar-refractivity contribution in [2.45, 2.75) is 13.3 Å². The molecule has 4 aromatic rings. The lowest BCUT2D eigenvalue weighted by Crippen LogP contribution is -1.89. The Bertz CT molecular complexity index is 1060. The van der Waals surface area contributed by atoms with Crippen LogP contribution < -0.4 is 0 Å². The van der Waals surface area contributed by atoms with E-state index in [4.69, 9.17) is 4.98 Å². The number of rotatable bonds is 1. The molecule has 23 heavy (non-hydrogen) atoms. The van der Waals surface area contributed by atoms with Gasteiger partial charge in [0.15, 0.2) is 0 Å². The highest BCUT2D eigenvalue weighted by atomic mass is 14.9. The topological polar surface area (TPSA) is 28.7 Å². The molecule has 0 unspecified atom stereocenters.